The Morgan fingerprint density at radius 2 is 2.27 bits per heavy atom. The van der Waals surface area contributed by atoms with E-state index in [1.54, 1.807) is 11.3 Å². The van der Waals surface area contributed by atoms with Crippen LogP contribution in [-0.2, 0) is 0 Å². The van der Waals surface area contributed by atoms with Gasteiger partial charge in [-0.3, -0.25) is 4.98 Å². The van der Waals surface area contributed by atoms with Crippen LogP contribution >= 0.6 is 38.8 Å². The Morgan fingerprint density at radius 3 is 3.07 bits per heavy atom. The minimum absolute atomic E-state index is 0.731. The van der Waals surface area contributed by atoms with Crippen LogP contribution in [0.4, 0.5) is 0 Å². The molecule has 3 aromatic rings. The molecule has 3 nitrogen and oxygen atoms in total. The number of hydrogen-bond acceptors (Lipinski definition) is 5. The highest BCUT2D eigenvalue weighted by Gasteiger charge is 2.06. The lowest BCUT2D eigenvalue weighted by Gasteiger charge is -1.94. The van der Waals surface area contributed by atoms with E-state index in [1.165, 1.54) is 16.2 Å². The number of fused-ring (bicyclic) bond motifs is 1. The largest absolute Gasteiger partial charge is 0.255 e. The van der Waals surface area contributed by atoms with Gasteiger partial charge in [0, 0.05) is 11.8 Å². The summed E-state index contributed by atoms with van der Waals surface area (Å²) in [6.45, 7) is 0. The predicted octanol–water partition coefficient (Wildman–Crippen LogP) is 3.58. The number of rotatable bonds is 1. The van der Waals surface area contributed by atoms with E-state index in [0.717, 1.165) is 20.8 Å². The lowest BCUT2D eigenvalue weighted by molar-refractivity contribution is 1.29. The summed E-state index contributed by atoms with van der Waals surface area (Å²) in [6, 6.07) is 4.08. The minimum atomic E-state index is 0.731. The standard InChI is InChI=1S/C9H4BrN3S2/c10-9-12-8(13-15-9)5-3-7-6(11-4-5)1-2-14-7/h1-4H. The first-order valence-electron chi connectivity index (χ1n) is 4.16. The summed E-state index contributed by atoms with van der Waals surface area (Å²) in [5, 5.41) is 2.03. The Kier molecular flexibility index (Phi) is 2.27. The molecule has 3 heterocycles. The molecule has 0 radical (unpaired) electrons. The van der Waals surface area contributed by atoms with E-state index in [4.69, 9.17) is 0 Å². The van der Waals surface area contributed by atoms with Gasteiger partial charge in [0.05, 0.1) is 10.2 Å². The summed E-state index contributed by atoms with van der Waals surface area (Å²) >= 11 is 6.31. The van der Waals surface area contributed by atoms with Gasteiger partial charge in [-0.05, 0) is 45.0 Å². The maximum absolute atomic E-state index is 4.35. The van der Waals surface area contributed by atoms with Crippen LogP contribution < -0.4 is 0 Å². The highest BCUT2D eigenvalue weighted by atomic mass is 79.9. The van der Waals surface area contributed by atoms with Gasteiger partial charge >= 0.3 is 0 Å². The maximum atomic E-state index is 4.35. The molecular weight excluding hydrogens is 294 g/mol. The van der Waals surface area contributed by atoms with E-state index in [9.17, 15) is 0 Å². The molecule has 0 aliphatic rings. The van der Waals surface area contributed by atoms with Crippen molar-refractivity contribution in [3.8, 4) is 11.4 Å². The summed E-state index contributed by atoms with van der Waals surface area (Å²) in [6.07, 6.45) is 1.81. The molecule has 15 heavy (non-hydrogen) atoms. The first-order chi connectivity index (χ1) is 7.33. The van der Waals surface area contributed by atoms with Gasteiger partial charge in [-0.25, -0.2) is 4.98 Å². The van der Waals surface area contributed by atoms with Crippen LogP contribution in [0.3, 0.4) is 0 Å². The molecule has 0 fully saturated rings. The molecule has 0 saturated carbocycles. The summed E-state index contributed by atoms with van der Waals surface area (Å²) in [4.78, 5) is 8.61. The molecule has 0 atom stereocenters. The van der Waals surface area contributed by atoms with Crippen LogP contribution in [0.15, 0.2) is 27.6 Å². The van der Waals surface area contributed by atoms with E-state index in [2.05, 4.69) is 36.3 Å². The van der Waals surface area contributed by atoms with E-state index < -0.39 is 0 Å². The first kappa shape index (κ1) is 9.38. The third-order valence-electron chi connectivity index (χ3n) is 1.96. The second-order valence-corrected chi connectivity index (χ2v) is 5.87. The summed E-state index contributed by atoms with van der Waals surface area (Å²) in [5.74, 6) is 0.731. The average Bonchev–Trinajstić information content (AvgIpc) is 2.84. The molecule has 74 valence electrons. The van der Waals surface area contributed by atoms with Crippen LogP contribution in [0.25, 0.3) is 21.6 Å². The van der Waals surface area contributed by atoms with E-state index in [1.807, 2.05) is 17.6 Å². The molecule has 0 saturated heterocycles. The van der Waals surface area contributed by atoms with Crippen molar-refractivity contribution < 1.29 is 0 Å². The number of nitrogens with zero attached hydrogens (tertiary/aromatic N) is 3. The van der Waals surface area contributed by atoms with Gasteiger partial charge in [-0.2, -0.15) is 4.37 Å². The Morgan fingerprint density at radius 1 is 1.33 bits per heavy atom. The van der Waals surface area contributed by atoms with Crippen molar-refractivity contribution in [2.75, 3.05) is 0 Å². The van der Waals surface area contributed by atoms with Gasteiger partial charge in [0.1, 0.15) is 0 Å². The normalized spacial score (nSPS) is 11.0. The summed E-state index contributed by atoms with van der Waals surface area (Å²) < 4.78 is 6.19. The molecule has 0 spiro atoms. The van der Waals surface area contributed by atoms with Gasteiger partial charge in [0.15, 0.2) is 9.74 Å². The fraction of sp³-hybridized carbons (Fsp3) is 0. The monoisotopic (exact) mass is 297 g/mol. The van der Waals surface area contributed by atoms with E-state index in [0.29, 0.717) is 0 Å². The Bertz CT molecular complexity index is 616. The van der Waals surface area contributed by atoms with E-state index in [-0.39, 0.29) is 0 Å². The van der Waals surface area contributed by atoms with Crippen LogP contribution in [0, 0.1) is 0 Å². The molecule has 3 aromatic heterocycles. The number of aromatic nitrogens is 3. The van der Waals surface area contributed by atoms with Crippen LogP contribution in [-0.4, -0.2) is 14.3 Å². The maximum Gasteiger partial charge on any atom is 0.179 e. The fourth-order valence-electron chi connectivity index (χ4n) is 1.29. The molecule has 0 unspecified atom stereocenters. The molecule has 0 N–H and O–H groups in total. The molecule has 6 heteroatoms. The van der Waals surface area contributed by atoms with Crippen molar-refractivity contribution in [2.45, 2.75) is 0 Å². The van der Waals surface area contributed by atoms with Gasteiger partial charge < -0.3 is 0 Å². The topological polar surface area (TPSA) is 38.7 Å². The lowest BCUT2D eigenvalue weighted by atomic mass is 10.2. The number of hydrogen-bond donors (Lipinski definition) is 0. The smallest absolute Gasteiger partial charge is 0.179 e. The Hall–Kier alpha value is -0.850. The van der Waals surface area contributed by atoms with Gasteiger partial charge in [0.25, 0.3) is 0 Å². The SMILES string of the molecule is Brc1nc(-c2cnc3ccsc3c2)ns1. The van der Waals surface area contributed by atoms with Crippen molar-refractivity contribution in [1.82, 2.24) is 14.3 Å². The van der Waals surface area contributed by atoms with Crippen LogP contribution in [0.2, 0.25) is 0 Å². The minimum Gasteiger partial charge on any atom is -0.255 e. The summed E-state index contributed by atoms with van der Waals surface area (Å²) in [7, 11) is 0. The quantitative estimate of drug-likeness (QED) is 0.689. The fourth-order valence-corrected chi connectivity index (χ4v) is 2.89. The Labute approximate surface area is 102 Å². The van der Waals surface area contributed by atoms with Crippen molar-refractivity contribution in [2.24, 2.45) is 0 Å². The molecule has 0 aliphatic heterocycles. The van der Waals surface area contributed by atoms with Crippen LogP contribution in [0.5, 0.6) is 0 Å². The highest BCUT2D eigenvalue weighted by Crippen LogP contribution is 2.26. The van der Waals surface area contributed by atoms with Gasteiger partial charge in [-0.1, -0.05) is 0 Å². The predicted molar refractivity (Wildman–Crippen MR) is 66.2 cm³/mol. The zero-order chi connectivity index (χ0) is 10.3. The number of halogens is 1. The molecule has 0 bridgehead atoms. The highest BCUT2D eigenvalue weighted by molar-refractivity contribution is 9.11. The lowest BCUT2D eigenvalue weighted by Crippen LogP contribution is -1.81. The molecule has 0 aromatic carbocycles. The second kappa shape index (κ2) is 3.62. The first-order valence-corrected chi connectivity index (χ1v) is 6.60. The molecule has 0 amide bonds. The number of pyridine rings is 1. The van der Waals surface area contributed by atoms with Crippen molar-refractivity contribution in [1.29, 1.82) is 0 Å². The zero-order valence-electron chi connectivity index (χ0n) is 7.35. The Balaban J connectivity index is 2.18. The van der Waals surface area contributed by atoms with Gasteiger partial charge in [0.2, 0.25) is 0 Å². The average molecular weight is 298 g/mol. The van der Waals surface area contributed by atoms with Gasteiger partial charge in [-0.15, -0.1) is 11.3 Å². The summed E-state index contributed by atoms with van der Waals surface area (Å²) in [5.41, 5.74) is 1.99. The molecular formula is C9H4BrN3S2. The third kappa shape index (κ3) is 1.68. The zero-order valence-corrected chi connectivity index (χ0v) is 10.6. The molecule has 3 rings (SSSR count). The van der Waals surface area contributed by atoms with Crippen molar-refractivity contribution >= 4 is 49.0 Å². The number of thiophene rings is 1. The van der Waals surface area contributed by atoms with Crippen molar-refractivity contribution in [3.05, 3.63) is 27.6 Å². The second-order valence-electron chi connectivity index (χ2n) is 2.90. The van der Waals surface area contributed by atoms with E-state index >= 15 is 0 Å². The third-order valence-corrected chi connectivity index (χ3v) is 3.93. The molecule has 0 aliphatic carbocycles. The van der Waals surface area contributed by atoms with Crippen LogP contribution in [0.1, 0.15) is 0 Å². The van der Waals surface area contributed by atoms with Crippen molar-refractivity contribution in [3.63, 3.8) is 0 Å².